The summed E-state index contributed by atoms with van der Waals surface area (Å²) in [4.78, 5) is 21.8. The molecule has 108 valence electrons. The molecule has 3 N–H and O–H groups in total. The highest BCUT2D eigenvalue weighted by Crippen LogP contribution is 2.14. The Hall–Kier alpha value is -2.66. The first-order chi connectivity index (χ1) is 10.2. The zero-order valence-corrected chi connectivity index (χ0v) is 11.4. The molecule has 2 rings (SSSR count). The molecule has 5 heteroatoms. The van der Waals surface area contributed by atoms with Crippen LogP contribution in [0.4, 0.5) is 0 Å². The van der Waals surface area contributed by atoms with Crippen LogP contribution >= 0.6 is 0 Å². The van der Waals surface area contributed by atoms with Gasteiger partial charge >= 0.3 is 0 Å². The molecular weight excluding hydrogens is 268 g/mol. The van der Waals surface area contributed by atoms with Crippen LogP contribution in [0.25, 0.3) is 0 Å². The smallest absolute Gasteiger partial charge is 0.238 e. The summed E-state index contributed by atoms with van der Waals surface area (Å²) in [5, 5.41) is 0. The summed E-state index contributed by atoms with van der Waals surface area (Å²) in [7, 11) is 0. The summed E-state index contributed by atoms with van der Waals surface area (Å²) < 4.78 is 5.62. The van der Waals surface area contributed by atoms with Crippen molar-refractivity contribution in [2.24, 2.45) is 5.84 Å². The van der Waals surface area contributed by atoms with Crippen LogP contribution in [0.2, 0.25) is 0 Å². The number of carbonyl (C=O) groups excluding carboxylic acids is 2. The number of hydrazine groups is 1. The van der Waals surface area contributed by atoms with Gasteiger partial charge in [-0.1, -0.05) is 36.4 Å². The summed E-state index contributed by atoms with van der Waals surface area (Å²) in [5.41, 5.74) is 4.53. The van der Waals surface area contributed by atoms with Crippen molar-refractivity contribution >= 4 is 12.2 Å². The standard InChI is InChI=1S/C16H16N2O3/c17-18-16(20)9-12-4-6-13(7-5-12)11-21-15-3-1-2-14(8-15)10-19/h1-8,10H,9,11,17H2,(H,18,20). The number of nitrogens with two attached hydrogens (primary N) is 1. The molecule has 0 aliphatic heterocycles. The average Bonchev–Trinajstić information content (AvgIpc) is 2.54. The Kier molecular flexibility index (Phi) is 5.06. The van der Waals surface area contributed by atoms with E-state index in [1.807, 2.05) is 24.3 Å². The Balaban J connectivity index is 1.94. The van der Waals surface area contributed by atoms with Gasteiger partial charge < -0.3 is 4.74 Å². The van der Waals surface area contributed by atoms with E-state index >= 15 is 0 Å². The summed E-state index contributed by atoms with van der Waals surface area (Å²) in [6, 6.07) is 14.5. The van der Waals surface area contributed by atoms with Gasteiger partial charge in [-0.05, 0) is 23.3 Å². The molecule has 2 aromatic carbocycles. The van der Waals surface area contributed by atoms with Gasteiger partial charge in [0.25, 0.3) is 0 Å². The van der Waals surface area contributed by atoms with Crippen molar-refractivity contribution in [2.45, 2.75) is 13.0 Å². The topological polar surface area (TPSA) is 81.4 Å². The van der Waals surface area contributed by atoms with Gasteiger partial charge in [0.2, 0.25) is 5.91 Å². The molecule has 0 saturated heterocycles. The Bertz CT molecular complexity index is 624. The second-order valence-corrected chi connectivity index (χ2v) is 4.54. The molecule has 21 heavy (non-hydrogen) atoms. The van der Waals surface area contributed by atoms with E-state index in [9.17, 15) is 9.59 Å². The van der Waals surface area contributed by atoms with Crippen LogP contribution in [0.3, 0.4) is 0 Å². The average molecular weight is 284 g/mol. The molecule has 0 fully saturated rings. The number of rotatable bonds is 6. The van der Waals surface area contributed by atoms with E-state index in [0.717, 1.165) is 17.4 Å². The lowest BCUT2D eigenvalue weighted by Crippen LogP contribution is -2.31. The van der Waals surface area contributed by atoms with Crippen molar-refractivity contribution in [3.05, 3.63) is 65.2 Å². The number of hydrogen-bond donors (Lipinski definition) is 2. The van der Waals surface area contributed by atoms with Gasteiger partial charge in [-0.15, -0.1) is 0 Å². The first-order valence-electron chi connectivity index (χ1n) is 6.46. The van der Waals surface area contributed by atoms with Crippen LogP contribution in [0, 0.1) is 0 Å². The zero-order valence-electron chi connectivity index (χ0n) is 11.4. The van der Waals surface area contributed by atoms with Crippen LogP contribution in [-0.4, -0.2) is 12.2 Å². The third-order valence-electron chi connectivity index (χ3n) is 2.95. The fraction of sp³-hybridized carbons (Fsp3) is 0.125. The minimum absolute atomic E-state index is 0.232. The zero-order chi connectivity index (χ0) is 15.1. The van der Waals surface area contributed by atoms with Gasteiger partial charge in [0.1, 0.15) is 18.6 Å². The lowest BCUT2D eigenvalue weighted by atomic mass is 10.1. The predicted molar refractivity (Wildman–Crippen MR) is 78.6 cm³/mol. The first-order valence-corrected chi connectivity index (χ1v) is 6.46. The van der Waals surface area contributed by atoms with E-state index in [1.165, 1.54) is 0 Å². The monoisotopic (exact) mass is 284 g/mol. The highest BCUT2D eigenvalue weighted by Gasteiger charge is 2.02. The summed E-state index contributed by atoms with van der Waals surface area (Å²) in [6.07, 6.45) is 1.03. The minimum Gasteiger partial charge on any atom is -0.489 e. The van der Waals surface area contributed by atoms with Gasteiger partial charge in [-0.25, -0.2) is 5.84 Å². The fourth-order valence-electron chi connectivity index (χ4n) is 1.83. The number of hydrogen-bond acceptors (Lipinski definition) is 4. The second kappa shape index (κ2) is 7.21. The molecule has 0 aliphatic carbocycles. The lowest BCUT2D eigenvalue weighted by Gasteiger charge is -2.07. The Morgan fingerprint density at radius 1 is 1.14 bits per heavy atom. The quantitative estimate of drug-likeness (QED) is 0.365. The van der Waals surface area contributed by atoms with Gasteiger partial charge in [-0.2, -0.15) is 0 Å². The number of nitrogens with one attached hydrogen (secondary N) is 1. The maximum Gasteiger partial charge on any atom is 0.238 e. The summed E-state index contributed by atoms with van der Waals surface area (Å²) >= 11 is 0. The number of amides is 1. The maximum atomic E-state index is 11.1. The molecule has 0 aliphatic rings. The molecule has 0 aromatic heterocycles. The van der Waals surface area contributed by atoms with E-state index in [4.69, 9.17) is 10.6 Å². The van der Waals surface area contributed by atoms with Crippen molar-refractivity contribution in [3.63, 3.8) is 0 Å². The predicted octanol–water partition coefficient (Wildman–Crippen LogP) is 1.61. The molecule has 2 aromatic rings. The van der Waals surface area contributed by atoms with Crippen LogP contribution in [0.5, 0.6) is 5.75 Å². The Labute approximate surface area is 122 Å². The Morgan fingerprint density at radius 3 is 2.52 bits per heavy atom. The fourth-order valence-corrected chi connectivity index (χ4v) is 1.83. The molecule has 0 spiro atoms. The highest BCUT2D eigenvalue weighted by molar-refractivity contribution is 5.77. The number of benzene rings is 2. The maximum absolute atomic E-state index is 11.1. The summed E-state index contributed by atoms with van der Waals surface area (Å²) in [5.74, 6) is 5.45. The third-order valence-corrected chi connectivity index (χ3v) is 2.95. The largest absolute Gasteiger partial charge is 0.489 e. The van der Waals surface area contributed by atoms with Crippen LogP contribution in [-0.2, 0) is 17.8 Å². The van der Waals surface area contributed by atoms with Crippen molar-refractivity contribution in [1.29, 1.82) is 0 Å². The van der Waals surface area contributed by atoms with Gasteiger partial charge in [0, 0.05) is 5.56 Å². The van der Waals surface area contributed by atoms with Crippen molar-refractivity contribution < 1.29 is 14.3 Å². The van der Waals surface area contributed by atoms with Crippen LogP contribution < -0.4 is 16.0 Å². The lowest BCUT2D eigenvalue weighted by molar-refractivity contribution is -0.120. The van der Waals surface area contributed by atoms with Gasteiger partial charge in [0.15, 0.2) is 0 Å². The second-order valence-electron chi connectivity index (χ2n) is 4.54. The molecular formula is C16H16N2O3. The molecule has 0 radical (unpaired) electrons. The summed E-state index contributed by atoms with van der Waals surface area (Å²) in [6.45, 7) is 0.395. The Morgan fingerprint density at radius 2 is 1.86 bits per heavy atom. The van der Waals surface area contributed by atoms with E-state index in [-0.39, 0.29) is 12.3 Å². The van der Waals surface area contributed by atoms with Crippen LogP contribution in [0.1, 0.15) is 21.5 Å². The number of ether oxygens (including phenoxy) is 1. The molecule has 0 heterocycles. The molecule has 0 bridgehead atoms. The van der Waals surface area contributed by atoms with Crippen LogP contribution in [0.15, 0.2) is 48.5 Å². The SMILES string of the molecule is NNC(=O)Cc1ccc(COc2cccc(C=O)c2)cc1. The van der Waals surface area contributed by atoms with Gasteiger partial charge in [0.05, 0.1) is 6.42 Å². The number of carbonyl (C=O) groups is 2. The first kappa shape index (κ1) is 14.7. The molecule has 0 saturated carbocycles. The molecule has 1 amide bonds. The third kappa shape index (κ3) is 4.43. The van der Waals surface area contributed by atoms with E-state index in [2.05, 4.69) is 5.43 Å². The van der Waals surface area contributed by atoms with Crippen molar-refractivity contribution in [2.75, 3.05) is 0 Å². The number of aldehydes is 1. The van der Waals surface area contributed by atoms with E-state index in [0.29, 0.717) is 17.9 Å². The van der Waals surface area contributed by atoms with Crippen molar-refractivity contribution in [1.82, 2.24) is 5.43 Å². The minimum atomic E-state index is -0.232. The molecule has 0 atom stereocenters. The molecule has 0 unspecified atom stereocenters. The highest BCUT2D eigenvalue weighted by atomic mass is 16.5. The van der Waals surface area contributed by atoms with E-state index < -0.39 is 0 Å². The van der Waals surface area contributed by atoms with Crippen molar-refractivity contribution in [3.8, 4) is 5.75 Å². The van der Waals surface area contributed by atoms with E-state index in [1.54, 1.807) is 24.3 Å². The van der Waals surface area contributed by atoms with Gasteiger partial charge in [-0.3, -0.25) is 15.0 Å². The molecule has 5 nitrogen and oxygen atoms in total. The normalized spacial score (nSPS) is 9.95.